The number of ether oxygens (including phenoxy) is 3. The van der Waals surface area contributed by atoms with Gasteiger partial charge < -0.3 is 19.3 Å². The number of methoxy groups -OCH3 is 1. The highest BCUT2D eigenvalue weighted by Crippen LogP contribution is 2.28. The second-order valence-electron chi connectivity index (χ2n) is 6.40. The summed E-state index contributed by atoms with van der Waals surface area (Å²) in [4.78, 5) is 12.1. The molecule has 0 aliphatic carbocycles. The van der Waals surface area contributed by atoms with Gasteiger partial charge in [0.25, 0.3) is 0 Å². The lowest BCUT2D eigenvalue weighted by molar-refractivity contribution is 0.0496. The zero-order valence-electron chi connectivity index (χ0n) is 16.3. The molecule has 0 aliphatic heterocycles. The van der Waals surface area contributed by atoms with Crippen LogP contribution in [0.4, 0.5) is 0 Å². The van der Waals surface area contributed by atoms with Crippen LogP contribution in [-0.4, -0.2) is 38.0 Å². The second-order valence-corrected chi connectivity index (χ2v) is 6.40. The molecule has 0 saturated carbocycles. The third-order valence-corrected chi connectivity index (χ3v) is 4.19. The summed E-state index contributed by atoms with van der Waals surface area (Å²) in [6.45, 7) is 3.46. The molecule has 0 aromatic heterocycles. The molecule has 0 fully saturated rings. The van der Waals surface area contributed by atoms with Gasteiger partial charge in [-0.2, -0.15) is 0 Å². The SMILES string of the molecule is CCCCCCCOc1ccc(C(=O)OCCCCCCO)cc1OC. The molecule has 0 amide bonds. The van der Waals surface area contributed by atoms with E-state index in [0.29, 0.717) is 30.3 Å². The van der Waals surface area contributed by atoms with E-state index in [1.807, 2.05) is 0 Å². The molecule has 0 spiro atoms. The second kappa shape index (κ2) is 14.4. The summed E-state index contributed by atoms with van der Waals surface area (Å²) in [7, 11) is 1.57. The molecule has 1 aromatic carbocycles. The number of benzene rings is 1. The largest absolute Gasteiger partial charge is 0.493 e. The van der Waals surface area contributed by atoms with Gasteiger partial charge in [0.15, 0.2) is 11.5 Å². The molecule has 0 unspecified atom stereocenters. The van der Waals surface area contributed by atoms with E-state index in [4.69, 9.17) is 19.3 Å². The van der Waals surface area contributed by atoms with Gasteiger partial charge in [-0.05, 0) is 43.9 Å². The summed E-state index contributed by atoms with van der Waals surface area (Å²) in [6, 6.07) is 5.15. The van der Waals surface area contributed by atoms with Crippen molar-refractivity contribution in [2.45, 2.75) is 64.7 Å². The van der Waals surface area contributed by atoms with Gasteiger partial charge in [-0.1, -0.05) is 39.0 Å². The van der Waals surface area contributed by atoms with Crippen molar-refractivity contribution in [3.63, 3.8) is 0 Å². The Labute approximate surface area is 157 Å². The van der Waals surface area contributed by atoms with Crippen molar-refractivity contribution in [2.75, 3.05) is 26.9 Å². The summed E-state index contributed by atoms with van der Waals surface area (Å²) < 4.78 is 16.4. The number of esters is 1. The van der Waals surface area contributed by atoms with Crippen molar-refractivity contribution in [2.24, 2.45) is 0 Å². The van der Waals surface area contributed by atoms with Crippen LogP contribution in [0.15, 0.2) is 18.2 Å². The molecule has 5 nitrogen and oxygen atoms in total. The fourth-order valence-corrected chi connectivity index (χ4v) is 2.62. The molecule has 0 aliphatic rings. The summed E-state index contributed by atoms with van der Waals surface area (Å²) in [5, 5.41) is 8.73. The zero-order valence-corrected chi connectivity index (χ0v) is 16.3. The minimum atomic E-state index is -0.350. The van der Waals surface area contributed by atoms with E-state index >= 15 is 0 Å². The van der Waals surface area contributed by atoms with Gasteiger partial charge >= 0.3 is 5.97 Å². The first-order valence-corrected chi connectivity index (χ1v) is 9.81. The summed E-state index contributed by atoms with van der Waals surface area (Å²) in [5.74, 6) is 0.857. The standard InChI is InChI=1S/C21H34O5/c1-3-4-5-7-10-15-25-19-13-12-18(17-20(19)24-2)21(23)26-16-11-8-6-9-14-22/h12-13,17,22H,3-11,14-16H2,1-2H3. The molecule has 0 bridgehead atoms. The molecule has 26 heavy (non-hydrogen) atoms. The van der Waals surface area contributed by atoms with Crippen LogP contribution in [0.2, 0.25) is 0 Å². The van der Waals surface area contributed by atoms with Crippen molar-refractivity contribution >= 4 is 5.97 Å². The fourth-order valence-electron chi connectivity index (χ4n) is 2.62. The predicted octanol–water partition coefficient (Wildman–Crippen LogP) is 4.75. The Morgan fingerprint density at radius 3 is 2.31 bits per heavy atom. The first-order valence-electron chi connectivity index (χ1n) is 9.81. The normalized spacial score (nSPS) is 10.6. The van der Waals surface area contributed by atoms with E-state index in [1.54, 1.807) is 25.3 Å². The molecule has 1 rings (SSSR count). The van der Waals surface area contributed by atoms with E-state index in [1.165, 1.54) is 25.7 Å². The Hall–Kier alpha value is -1.75. The minimum Gasteiger partial charge on any atom is -0.493 e. The molecule has 1 N–H and O–H groups in total. The smallest absolute Gasteiger partial charge is 0.338 e. The molecule has 0 atom stereocenters. The summed E-state index contributed by atoms with van der Waals surface area (Å²) >= 11 is 0. The van der Waals surface area contributed by atoms with Gasteiger partial charge in [0, 0.05) is 6.61 Å². The van der Waals surface area contributed by atoms with E-state index in [-0.39, 0.29) is 12.6 Å². The monoisotopic (exact) mass is 366 g/mol. The van der Waals surface area contributed by atoms with E-state index < -0.39 is 0 Å². The van der Waals surface area contributed by atoms with E-state index in [9.17, 15) is 4.79 Å². The Bertz CT molecular complexity index is 501. The van der Waals surface area contributed by atoms with Crippen molar-refractivity contribution in [1.82, 2.24) is 0 Å². The van der Waals surface area contributed by atoms with E-state index in [0.717, 1.165) is 32.1 Å². The van der Waals surface area contributed by atoms with Crippen molar-refractivity contribution < 1.29 is 24.1 Å². The van der Waals surface area contributed by atoms with Crippen molar-refractivity contribution in [1.29, 1.82) is 0 Å². The van der Waals surface area contributed by atoms with Gasteiger partial charge in [0.1, 0.15) is 0 Å². The Balaban J connectivity index is 2.39. The van der Waals surface area contributed by atoms with Crippen LogP contribution < -0.4 is 9.47 Å². The quantitative estimate of drug-likeness (QED) is 0.358. The van der Waals surface area contributed by atoms with Crippen molar-refractivity contribution in [3.8, 4) is 11.5 Å². The number of hydrogen-bond acceptors (Lipinski definition) is 5. The summed E-state index contributed by atoms with van der Waals surface area (Å²) in [6.07, 6.45) is 9.42. The third kappa shape index (κ3) is 9.09. The lowest BCUT2D eigenvalue weighted by Gasteiger charge is -2.12. The average molecular weight is 366 g/mol. The first kappa shape index (κ1) is 22.3. The Morgan fingerprint density at radius 1 is 0.923 bits per heavy atom. The maximum atomic E-state index is 12.1. The number of rotatable bonds is 15. The molecule has 0 heterocycles. The van der Waals surface area contributed by atoms with Crippen LogP contribution >= 0.6 is 0 Å². The minimum absolute atomic E-state index is 0.215. The number of aliphatic hydroxyl groups is 1. The molecule has 0 radical (unpaired) electrons. The maximum absolute atomic E-state index is 12.1. The van der Waals surface area contributed by atoms with Gasteiger partial charge in [-0.25, -0.2) is 4.79 Å². The van der Waals surface area contributed by atoms with Gasteiger partial charge in [-0.3, -0.25) is 0 Å². The highest BCUT2D eigenvalue weighted by Gasteiger charge is 2.12. The maximum Gasteiger partial charge on any atom is 0.338 e. The van der Waals surface area contributed by atoms with Crippen molar-refractivity contribution in [3.05, 3.63) is 23.8 Å². The molecule has 148 valence electrons. The number of unbranched alkanes of at least 4 members (excludes halogenated alkanes) is 7. The van der Waals surface area contributed by atoms with Crippen LogP contribution in [0.3, 0.4) is 0 Å². The third-order valence-electron chi connectivity index (χ3n) is 4.19. The topological polar surface area (TPSA) is 65.0 Å². The molecule has 1 aromatic rings. The highest BCUT2D eigenvalue weighted by molar-refractivity contribution is 5.90. The Morgan fingerprint density at radius 2 is 1.62 bits per heavy atom. The van der Waals surface area contributed by atoms with Crippen LogP contribution in [0.1, 0.15) is 75.1 Å². The predicted molar refractivity (Wildman–Crippen MR) is 103 cm³/mol. The lowest BCUT2D eigenvalue weighted by atomic mass is 10.1. The van der Waals surface area contributed by atoms with Crippen LogP contribution in [0, 0.1) is 0 Å². The molecular formula is C21H34O5. The van der Waals surface area contributed by atoms with Gasteiger partial charge in [0.2, 0.25) is 0 Å². The zero-order chi connectivity index (χ0) is 19.0. The fraction of sp³-hybridized carbons (Fsp3) is 0.667. The molecule has 0 saturated heterocycles. The van der Waals surface area contributed by atoms with Crippen LogP contribution in [0.5, 0.6) is 11.5 Å². The number of aliphatic hydroxyl groups excluding tert-OH is 1. The first-order chi connectivity index (χ1) is 12.7. The van der Waals surface area contributed by atoms with Gasteiger partial charge in [-0.15, -0.1) is 0 Å². The molecule has 5 heteroatoms. The number of carbonyl (C=O) groups excluding carboxylic acids is 1. The van der Waals surface area contributed by atoms with Gasteiger partial charge in [0.05, 0.1) is 25.9 Å². The number of carbonyl (C=O) groups is 1. The van der Waals surface area contributed by atoms with Crippen LogP contribution in [-0.2, 0) is 4.74 Å². The highest BCUT2D eigenvalue weighted by atomic mass is 16.5. The lowest BCUT2D eigenvalue weighted by Crippen LogP contribution is -2.07. The molecular weight excluding hydrogens is 332 g/mol. The van der Waals surface area contributed by atoms with E-state index in [2.05, 4.69) is 6.92 Å². The Kier molecular flexibility index (Phi) is 12.4. The number of hydrogen-bond donors (Lipinski definition) is 1. The average Bonchev–Trinajstić information content (AvgIpc) is 2.67. The summed E-state index contributed by atoms with van der Waals surface area (Å²) in [5.41, 5.74) is 0.465. The van der Waals surface area contributed by atoms with Crippen LogP contribution in [0.25, 0.3) is 0 Å².